The highest BCUT2D eigenvalue weighted by atomic mass is 16.2. The Balaban J connectivity index is 1.63. The van der Waals surface area contributed by atoms with E-state index in [0.29, 0.717) is 0 Å². The highest BCUT2D eigenvalue weighted by Crippen LogP contribution is 2.22. The van der Waals surface area contributed by atoms with Crippen molar-refractivity contribution >= 4 is 17.8 Å². The summed E-state index contributed by atoms with van der Waals surface area (Å²) >= 11 is 0. The van der Waals surface area contributed by atoms with Gasteiger partial charge in [-0.1, -0.05) is 24.3 Å². The van der Waals surface area contributed by atoms with Crippen LogP contribution in [0, 0.1) is 0 Å². The monoisotopic (exact) mass is 367 g/mol. The van der Waals surface area contributed by atoms with Gasteiger partial charge in [0.15, 0.2) is 0 Å². The molecule has 0 spiro atoms. The number of nitrogens with one attached hydrogen (secondary N) is 2. The summed E-state index contributed by atoms with van der Waals surface area (Å²) in [5.41, 5.74) is 2.77. The molecule has 140 valence electrons. The van der Waals surface area contributed by atoms with E-state index in [1.54, 1.807) is 15.6 Å². The molecule has 0 saturated carbocycles. The largest absolute Gasteiger partial charge is 0.344 e. The Bertz CT molecular complexity index is 958. The summed E-state index contributed by atoms with van der Waals surface area (Å²) in [4.78, 5) is 28.1. The molecule has 2 amide bonds. The Kier molecular flexibility index (Phi) is 5.30. The molecule has 0 atom stereocenters. The predicted molar refractivity (Wildman–Crippen MR) is 99.5 cm³/mol. The molecule has 27 heavy (non-hydrogen) atoms. The SMILES string of the molecule is CC(C)n1cnc(NC(=O)C(=O)NCc2ccccc2-c2cnn(C)c2)n1. The van der Waals surface area contributed by atoms with E-state index in [1.165, 1.54) is 6.33 Å². The average molecular weight is 367 g/mol. The molecular formula is C18H21N7O2. The van der Waals surface area contributed by atoms with Crippen LogP contribution in [0.4, 0.5) is 5.95 Å². The molecule has 3 aromatic rings. The van der Waals surface area contributed by atoms with Crippen LogP contribution in [0.15, 0.2) is 43.0 Å². The van der Waals surface area contributed by atoms with Crippen molar-refractivity contribution in [3.63, 3.8) is 0 Å². The number of aryl methyl sites for hydroxylation is 1. The first-order valence-corrected chi connectivity index (χ1v) is 8.51. The van der Waals surface area contributed by atoms with Gasteiger partial charge in [0, 0.05) is 31.4 Å². The first-order chi connectivity index (χ1) is 12.9. The number of amides is 2. The third-order valence-corrected chi connectivity index (χ3v) is 3.94. The summed E-state index contributed by atoms with van der Waals surface area (Å²) < 4.78 is 3.30. The fraction of sp³-hybridized carbons (Fsp3) is 0.278. The van der Waals surface area contributed by atoms with Crippen molar-refractivity contribution in [1.82, 2.24) is 29.9 Å². The molecule has 0 bridgehead atoms. The third-order valence-electron chi connectivity index (χ3n) is 3.94. The first kappa shape index (κ1) is 18.3. The highest BCUT2D eigenvalue weighted by molar-refractivity contribution is 6.39. The molecule has 0 aliphatic heterocycles. The summed E-state index contributed by atoms with van der Waals surface area (Å²) in [5, 5.41) is 13.3. The molecule has 0 aliphatic rings. The van der Waals surface area contributed by atoms with Crippen molar-refractivity contribution in [2.45, 2.75) is 26.4 Å². The van der Waals surface area contributed by atoms with Gasteiger partial charge < -0.3 is 5.32 Å². The lowest BCUT2D eigenvalue weighted by Crippen LogP contribution is -2.35. The fourth-order valence-electron chi connectivity index (χ4n) is 2.51. The number of aromatic nitrogens is 5. The Morgan fingerprint density at radius 2 is 1.96 bits per heavy atom. The number of anilines is 1. The standard InChI is InChI=1S/C18H21N7O2/c1-12(2)25-11-20-18(23-25)22-17(27)16(26)19-8-13-6-4-5-7-15(13)14-9-21-24(3)10-14/h4-7,9-12H,8H2,1-3H3,(H,19,26)(H,22,23,27). The maximum atomic E-state index is 12.1. The Hall–Kier alpha value is -3.49. The van der Waals surface area contributed by atoms with E-state index in [-0.39, 0.29) is 18.5 Å². The van der Waals surface area contributed by atoms with Crippen molar-refractivity contribution in [2.24, 2.45) is 7.05 Å². The summed E-state index contributed by atoms with van der Waals surface area (Å²) in [6.07, 6.45) is 5.15. The molecule has 9 heteroatoms. The third kappa shape index (κ3) is 4.38. The Morgan fingerprint density at radius 1 is 1.19 bits per heavy atom. The molecule has 1 aromatic carbocycles. The number of rotatable bonds is 5. The number of hydrogen-bond acceptors (Lipinski definition) is 5. The second-order valence-corrected chi connectivity index (χ2v) is 6.34. The smallest absolute Gasteiger partial charge is 0.316 e. The van der Waals surface area contributed by atoms with E-state index in [2.05, 4.69) is 25.8 Å². The Labute approximate surface area is 156 Å². The summed E-state index contributed by atoms with van der Waals surface area (Å²) in [6, 6.07) is 7.75. The highest BCUT2D eigenvalue weighted by Gasteiger charge is 2.16. The second-order valence-electron chi connectivity index (χ2n) is 6.34. The molecule has 0 radical (unpaired) electrons. The second kappa shape index (κ2) is 7.81. The number of carbonyl (C=O) groups excluding carboxylic acids is 2. The van der Waals surface area contributed by atoms with Crippen LogP contribution in [0.5, 0.6) is 0 Å². The van der Waals surface area contributed by atoms with Crippen LogP contribution in [0.25, 0.3) is 11.1 Å². The molecule has 0 aliphatic carbocycles. The minimum Gasteiger partial charge on any atom is -0.344 e. The maximum Gasteiger partial charge on any atom is 0.316 e. The van der Waals surface area contributed by atoms with E-state index in [9.17, 15) is 9.59 Å². The maximum absolute atomic E-state index is 12.1. The van der Waals surface area contributed by atoms with Crippen LogP contribution in [0.1, 0.15) is 25.5 Å². The van der Waals surface area contributed by atoms with Gasteiger partial charge in [0.2, 0.25) is 5.95 Å². The predicted octanol–water partition coefficient (Wildman–Crippen LogP) is 1.51. The lowest BCUT2D eigenvalue weighted by atomic mass is 10.0. The zero-order valence-electron chi connectivity index (χ0n) is 15.4. The van der Waals surface area contributed by atoms with Crippen molar-refractivity contribution in [1.29, 1.82) is 0 Å². The van der Waals surface area contributed by atoms with Gasteiger partial charge in [-0.15, -0.1) is 5.10 Å². The van der Waals surface area contributed by atoms with Gasteiger partial charge in [0.1, 0.15) is 6.33 Å². The van der Waals surface area contributed by atoms with Gasteiger partial charge in [-0.25, -0.2) is 9.67 Å². The van der Waals surface area contributed by atoms with Gasteiger partial charge in [0.05, 0.1) is 6.20 Å². The zero-order valence-corrected chi connectivity index (χ0v) is 15.4. The average Bonchev–Trinajstić information content (AvgIpc) is 3.29. The molecule has 3 rings (SSSR count). The van der Waals surface area contributed by atoms with E-state index in [1.807, 2.05) is 51.4 Å². The quantitative estimate of drug-likeness (QED) is 0.665. The van der Waals surface area contributed by atoms with Crippen LogP contribution < -0.4 is 10.6 Å². The summed E-state index contributed by atoms with van der Waals surface area (Å²) in [5.74, 6) is -1.47. The number of nitrogens with zero attached hydrogens (tertiary/aromatic N) is 5. The van der Waals surface area contributed by atoms with Crippen LogP contribution in [-0.2, 0) is 23.2 Å². The van der Waals surface area contributed by atoms with E-state index in [4.69, 9.17) is 0 Å². The summed E-state index contributed by atoms with van der Waals surface area (Å²) in [6.45, 7) is 4.09. The van der Waals surface area contributed by atoms with E-state index >= 15 is 0 Å². The number of carbonyl (C=O) groups is 2. The minimum atomic E-state index is -0.810. The Morgan fingerprint density at radius 3 is 2.63 bits per heavy atom. The van der Waals surface area contributed by atoms with Crippen molar-refractivity contribution < 1.29 is 9.59 Å². The molecular weight excluding hydrogens is 346 g/mol. The van der Waals surface area contributed by atoms with Gasteiger partial charge in [-0.3, -0.25) is 19.6 Å². The lowest BCUT2D eigenvalue weighted by molar-refractivity contribution is -0.136. The molecule has 9 nitrogen and oxygen atoms in total. The zero-order chi connectivity index (χ0) is 19.4. The number of hydrogen-bond donors (Lipinski definition) is 2. The van der Waals surface area contributed by atoms with Gasteiger partial charge in [-0.2, -0.15) is 5.10 Å². The van der Waals surface area contributed by atoms with Crippen molar-refractivity contribution in [2.75, 3.05) is 5.32 Å². The van der Waals surface area contributed by atoms with Crippen molar-refractivity contribution in [3.05, 3.63) is 48.5 Å². The molecule has 0 fully saturated rings. The van der Waals surface area contributed by atoms with Crippen LogP contribution >= 0.6 is 0 Å². The van der Waals surface area contributed by atoms with Gasteiger partial charge in [-0.05, 0) is 25.0 Å². The van der Waals surface area contributed by atoms with Crippen LogP contribution in [0.3, 0.4) is 0 Å². The molecule has 2 heterocycles. The van der Waals surface area contributed by atoms with Crippen LogP contribution in [0.2, 0.25) is 0 Å². The molecule has 2 aromatic heterocycles. The topological polar surface area (TPSA) is 107 Å². The van der Waals surface area contributed by atoms with E-state index in [0.717, 1.165) is 16.7 Å². The molecule has 0 unspecified atom stereocenters. The van der Waals surface area contributed by atoms with Crippen LogP contribution in [-0.4, -0.2) is 36.4 Å². The van der Waals surface area contributed by atoms with Crippen molar-refractivity contribution in [3.8, 4) is 11.1 Å². The normalized spacial score (nSPS) is 10.8. The summed E-state index contributed by atoms with van der Waals surface area (Å²) in [7, 11) is 1.84. The molecule has 0 saturated heterocycles. The number of benzene rings is 1. The minimum absolute atomic E-state index is 0.0969. The fourth-order valence-corrected chi connectivity index (χ4v) is 2.51. The lowest BCUT2D eigenvalue weighted by Gasteiger charge is -2.09. The molecule has 2 N–H and O–H groups in total. The van der Waals surface area contributed by atoms with Gasteiger partial charge >= 0.3 is 11.8 Å². The first-order valence-electron chi connectivity index (χ1n) is 8.51. The van der Waals surface area contributed by atoms with Gasteiger partial charge in [0.25, 0.3) is 0 Å². The van der Waals surface area contributed by atoms with E-state index < -0.39 is 11.8 Å².